The van der Waals surface area contributed by atoms with Crippen LogP contribution in [0.2, 0.25) is 0 Å². The summed E-state index contributed by atoms with van der Waals surface area (Å²) in [5.74, 6) is 1.61. The van der Waals surface area contributed by atoms with E-state index in [1.165, 1.54) is 0 Å². The zero-order chi connectivity index (χ0) is 13.5. The van der Waals surface area contributed by atoms with E-state index < -0.39 is 0 Å². The molecule has 0 spiro atoms. The molecule has 4 rings (SSSR count). The summed E-state index contributed by atoms with van der Waals surface area (Å²) < 4.78 is 5.27. The van der Waals surface area contributed by atoms with Crippen molar-refractivity contribution in [3.63, 3.8) is 0 Å². The lowest BCUT2D eigenvalue weighted by molar-refractivity contribution is 0.0737. The monoisotopic (exact) mass is 287 g/mol. The van der Waals surface area contributed by atoms with Gasteiger partial charge in [0.2, 0.25) is 0 Å². The van der Waals surface area contributed by atoms with Gasteiger partial charge in [0.1, 0.15) is 0 Å². The van der Waals surface area contributed by atoms with Gasteiger partial charge in [-0.2, -0.15) is 11.8 Å². The Balaban J connectivity index is 1.58. The number of fused-ring (bicyclic) bond motifs is 2. The molecule has 2 aliphatic heterocycles. The lowest BCUT2D eigenvalue weighted by Gasteiger charge is -2.25. The van der Waals surface area contributed by atoms with Crippen molar-refractivity contribution in [2.45, 2.75) is 17.7 Å². The Hall–Kier alpha value is -1.82. The van der Waals surface area contributed by atoms with Gasteiger partial charge in [-0.1, -0.05) is 5.16 Å². The highest BCUT2D eigenvalue weighted by atomic mass is 32.2. The van der Waals surface area contributed by atoms with E-state index in [9.17, 15) is 4.79 Å². The van der Waals surface area contributed by atoms with Crippen LogP contribution in [0.3, 0.4) is 0 Å². The first-order chi connectivity index (χ1) is 9.81. The third-order valence-electron chi connectivity index (χ3n) is 3.84. The van der Waals surface area contributed by atoms with Gasteiger partial charge in [0.25, 0.3) is 5.91 Å². The van der Waals surface area contributed by atoms with Crippen LogP contribution in [0.5, 0.6) is 0 Å². The molecular weight excluding hydrogens is 274 g/mol. The Kier molecular flexibility index (Phi) is 2.77. The van der Waals surface area contributed by atoms with Crippen LogP contribution >= 0.6 is 11.8 Å². The maximum Gasteiger partial charge on any atom is 0.276 e. The van der Waals surface area contributed by atoms with Crippen molar-refractivity contribution in [3.8, 4) is 11.3 Å². The normalized spacial score (nSPS) is 24.3. The minimum Gasteiger partial charge on any atom is -0.355 e. The molecule has 2 atom stereocenters. The van der Waals surface area contributed by atoms with E-state index in [4.69, 9.17) is 4.52 Å². The number of likely N-dealkylation sites (tertiary alicyclic amines) is 1. The van der Waals surface area contributed by atoms with Crippen LogP contribution < -0.4 is 0 Å². The summed E-state index contributed by atoms with van der Waals surface area (Å²) in [7, 11) is 0. The predicted octanol–water partition coefficient (Wildman–Crippen LogP) is 2.07. The van der Waals surface area contributed by atoms with E-state index in [0.29, 0.717) is 22.7 Å². The summed E-state index contributed by atoms with van der Waals surface area (Å²) in [6.07, 6.45) is 4.51. The molecule has 0 aromatic carbocycles. The quantitative estimate of drug-likeness (QED) is 0.846. The molecule has 20 heavy (non-hydrogen) atoms. The van der Waals surface area contributed by atoms with Crippen molar-refractivity contribution >= 4 is 17.7 Å². The Morgan fingerprint density at radius 2 is 2.45 bits per heavy atom. The van der Waals surface area contributed by atoms with Crippen LogP contribution in [-0.4, -0.2) is 44.5 Å². The largest absolute Gasteiger partial charge is 0.355 e. The van der Waals surface area contributed by atoms with Crippen molar-refractivity contribution in [1.29, 1.82) is 0 Å². The second kappa shape index (κ2) is 4.63. The van der Waals surface area contributed by atoms with Gasteiger partial charge < -0.3 is 9.42 Å². The molecule has 2 aromatic heterocycles. The molecule has 2 aliphatic rings. The summed E-state index contributed by atoms with van der Waals surface area (Å²) >= 11 is 1.96. The lowest BCUT2D eigenvalue weighted by Crippen LogP contribution is -2.39. The fraction of sp³-hybridized carbons (Fsp3) is 0.357. The first-order valence-electron chi connectivity index (χ1n) is 6.61. The fourth-order valence-electron chi connectivity index (χ4n) is 2.82. The van der Waals surface area contributed by atoms with Crippen LogP contribution in [0.4, 0.5) is 0 Å². The van der Waals surface area contributed by atoms with E-state index in [1.54, 1.807) is 18.5 Å². The summed E-state index contributed by atoms with van der Waals surface area (Å²) in [4.78, 5) is 18.4. The lowest BCUT2D eigenvalue weighted by atomic mass is 10.2. The summed E-state index contributed by atoms with van der Waals surface area (Å²) in [5, 5.41) is 4.53. The second-order valence-electron chi connectivity index (χ2n) is 5.12. The summed E-state index contributed by atoms with van der Waals surface area (Å²) in [6, 6.07) is 5.79. The van der Waals surface area contributed by atoms with Crippen LogP contribution in [0.15, 0.2) is 35.1 Å². The number of pyridine rings is 1. The van der Waals surface area contributed by atoms with Crippen molar-refractivity contribution < 1.29 is 9.32 Å². The number of hydrogen-bond donors (Lipinski definition) is 0. The first kappa shape index (κ1) is 12.0. The van der Waals surface area contributed by atoms with Crippen molar-refractivity contribution in [1.82, 2.24) is 15.0 Å². The Morgan fingerprint density at radius 3 is 3.15 bits per heavy atom. The van der Waals surface area contributed by atoms with Crippen LogP contribution in [-0.2, 0) is 0 Å². The number of aromatic nitrogens is 2. The van der Waals surface area contributed by atoms with Gasteiger partial charge in [-0.25, -0.2) is 0 Å². The van der Waals surface area contributed by atoms with Gasteiger partial charge in [-0.05, 0) is 18.6 Å². The van der Waals surface area contributed by atoms with Crippen LogP contribution in [0.1, 0.15) is 16.9 Å². The van der Waals surface area contributed by atoms with Gasteiger partial charge >= 0.3 is 0 Å². The third-order valence-corrected chi connectivity index (χ3v) is 5.23. The van der Waals surface area contributed by atoms with E-state index in [2.05, 4.69) is 10.1 Å². The topological polar surface area (TPSA) is 59.2 Å². The van der Waals surface area contributed by atoms with Crippen molar-refractivity contribution in [3.05, 3.63) is 36.3 Å². The van der Waals surface area contributed by atoms with Gasteiger partial charge in [0.05, 0.1) is 0 Å². The first-order valence-corrected chi connectivity index (χ1v) is 7.66. The molecule has 2 bridgehead atoms. The molecule has 1 amide bonds. The number of carbonyl (C=O) groups is 1. The maximum absolute atomic E-state index is 12.5. The van der Waals surface area contributed by atoms with Gasteiger partial charge in [0.15, 0.2) is 11.5 Å². The van der Waals surface area contributed by atoms with E-state index in [1.807, 2.05) is 28.8 Å². The zero-order valence-corrected chi connectivity index (χ0v) is 11.5. The molecule has 2 aromatic rings. The van der Waals surface area contributed by atoms with Gasteiger partial charge in [-0.3, -0.25) is 9.78 Å². The zero-order valence-electron chi connectivity index (χ0n) is 10.7. The Labute approximate surface area is 120 Å². The van der Waals surface area contributed by atoms with Crippen molar-refractivity contribution in [2.75, 3.05) is 12.3 Å². The smallest absolute Gasteiger partial charge is 0.276 e. The second-order valence-corrected chi connectivity index (χ2v) is 6.45. The highest BCUT2D eigenvalue weighted by Gasteiger charge is 2.41. The molecule has 0 radical (unpaired) electrons. The summed E-state index contributed by atoms with van der Waals surface area (Å²) in [6.45, 7) is 0.837. The minimum absolute atomic E-state index is 0.0170. The Bertz CT molecular complexity index is 643. The Morgan fingerprint density at radius 1 is 1.50 bits per heavy atom. The van der Waals surface area contributed by atoms with Crippen LogP contribution in [0.25, 0.3) is 11.3 Å². The number of amides is 1. The molecule has 5 nitrogen and oxygen atoms in total. The summed E-state index contributed by atoms with van der Waals surface area (Å²) in [5.41, 5.74) is 1.22. The molecule has 6 heteroatoms. The average Bonchev–Trinajstić information content (AvgIpc) is 3.23. The SMILES string of the molecule is O=C(c1cc(-c2cccnc2)on1)N1CC2CC1CS2. The number of nitrogens with zero attached hydrogens (tertiary/aromatic N) is 3. The van der Waals surface area contributed by atoms with E-state index in [-0.39, 0.29) is 5.91 Å². The molecule has 2 saturated heterocycles. The molecule has 0 aliphatic carbocycles. The fourth-order valence-corrected chi connectivity index (χ4v) is 4.25. The number of thioether (sulfide) groups is 1. The molecule has 0 saturated carbocycles. The van der Waals surface area contributed by atoms with Crippen molar-refractivity contribution in [2.24, 2.45) is 0 Å². The third kappa shape index (κ3) is 1.91. The highest BCUT2D eigenvalue weighted by Crippen LogP contribution is 2.38. The molecular formula is C14H13N3O2S. The average molecular weight is 287 g/mol. The number of rotatable bonds is 2. The number of carbonyl (C=O) groups excluding carboxylic acids is 1. The maximum atomic E-state index is 12.5. The minimum atomic E-state index is -0.0170. The molecule has 2 unspecified atom stereocenters. The number of hydrogen-bond acceptors (Lipinski definition) is 5. The molecule has 4 heterocycles. The molecule has 0 N–H and O–H groups in total. The van der Waals surface area contributed by atoms with Gasteiger partial charge in [-0.15, -0.1) is 0 Å². The van der Waals surface area contributed by atoms with Crippen LogP contribution in [0, 0.1) is 0 Å². The van der Waals surface area contributed by atoms with E-state index in [0.717, 1.165) is 24.3 Å². The molecule has 102 valence electrons. The highest BCUT2D eigenvalue weighted by molar-refractivity contribution is 8.00. The molecule has 2 fully saturated rings. The van der Waals surface area contributed by atoms with E-state index >= 15 is 0 Å². The van der Waals surface area contributed by atoms with Gasteiger partial charge in [0, 0.05) is 47.6 Å². The standard InChI is InChI=1S/C14H13N3O2S/c18-14(17-7-11-4-10(17)8-20-11)12-5-13(19-16-12)9-2-1-3-15-6-9/h1-3,5-6,10-11H,4,7-8H2. The predicted molar refractivity (Wildman–Crippen MR) is 75.4 cm³/mol.